The number of carbonyl (C=O) groups excluding carboxylic acids is 1. The molecule has 196 valence electrons. The van der Waals surface area contributed by atoms with Gasteiger partial charge in [0, 0.05) is 0 Å². The van der Waals surface area contributed by atoms with Gasteiger partial charge < -0.3 is 0 Å². The van der Waals surface area contributed by atoms with E-state index in [0.29, 0.717) is 16.4 Å². The van der Waals surface area contributed by atoms with Crippen molar-refractivity contribution in [3.05, 3.63) is 94.5 Å². The van der Waals surface area contributed by atoms with Crippen molar-refractivity contribution in [2.24, 2.45) is 5.10 Å². The van der Waals surface area contributed by atoms with Crippen molar-refractivity contribution in [2.75, 3.05) is 10.8 Å². The number of hydrazone groups is 1. The van der Waals surface area contributed by atoms with Gasteiger partial charge in [-0.1, -0.05) is 41.9 Å². The number of alkyl halides is 6. The van der Waals surface area contributed by atoms with E-state index in [9.17, 15) is 39.6 Å². The number of benzene rings is 3. The van der Waals surface area contributed by atoms with Gasteiger partial charge in [-0.2, -0.15) is 31.4 Å². The monoisotopic (exact) mass is 563 g/mol. The van der Waals surface area contributed by atoms with Gasteiger partial charge in [0.1, 0.15) is 6.54 Å². The van der Waals surface area contributed by atoms with E-state index in [-0.39, 0.29) is 15.5 Å². The Bertz CT molecular complexity index is 1410. The second kappa shape index (κ2) is 10.8. The molecule has 0 radical (unpaired) electrons. The fourth-order valence-corrected chi connectivity index (χ4v) is 4.76. The van der Waals surface area contributed by atoms with Gasteiger partial charge in [0.25, 0.3) is 15.9 Å². The molecule has 0 saturated carbocycles. The minimum absolute atomic E-state index is 0.0233. The molecule has 37 heavy (non-hydrogen) atoms. The molecular weight excluding hydrogens is 548 g/mol. The Balaban J connectivity index is 1.92. The number of hydrogen-bond acceptors (Lipinski definition) is 4. The SMILES string of the molecule is O=C(CN(c1cc(C(F)(F)F)ccc1Cl)S(=O)(=O)c1ccccc1)N/N=C\c1cccc(C(F)(F)F)c1. The number of anilines is 1. The molecule has 1 N–H and O–H groups in total. The van der Waals surface area contributed by atoms with Gasteiger partial charge in [-0.25, -0.2) is 13.8 Å². The molecule has 0 aliphatic carbocycles. The Hall–Kier alpha value is -3.58. The molecule has 0 unspecified atom stereocenters. The zero-order valence-corrected chi connectivity index (χ0v) is 20.0. The van der Waals surface area contributed by atoms with Crippen LogP contribution in [0.2, 0.25) is 5.02 Å². The van der Waals surface area contributed by atoms with E-state index in [0.717, 1.165) is 30.5 Å². The van der Waals surface area contributed by atoms with Crippen LogP contribution in [0, 0.1) is 0 Å². The summed E-state index contributed by atoms with van der Waals surface area (Å²) in [5.74, 6) is -1.10. The topological polar surface area (TPSA) is 78.8 Å². The van der Waals surface area contributed by atoms with Gasteiger partial charge in [-0.3, -0.25) is 9.10 Å². The van der Waals surface area contributed by atoms with Crippen LogP contribution in [0.3, 0.4) is 0 Å². The lowest BCUT2D eigenvalue weighted by atomic mass is 10.1. The van der Waals surface area contributed by atoms with Crippen molar-refractivity contribution in [1.82, 2.24) is 5.43 Å². The van der Waals surface area contributed by atoms with E-state index in [2.05, 4.69) is 5.10 Å². The van der Waals surface area contributed by atoms with Gasteiger partial charge in [-0.05, 0) is 48.0 Å². The van der Waals surface area contributed by atoms with Gasteiger partial charge in [-0.15, -0.1) is 0 Å². The van der Waals surface area contributed by atoms with E-state index < -0.39 is 51.6 Å². The van der Waals surface area contributed by atoms with Gasteiger partial charge in [0.15, 0.2) is 0 Å². The Kier molecular flexibility index (Phi) is 8.18. The molecule has 0 aromatic heterocycles. The quantitative estimate of drug-likeness (QED) is 0.227. The Morgan fingerprint density at radius 3 is 2.14 bits per heavy atom. The number of carbonyl (C=O) groups is 1. The molecule has 3 aromatic carbocycles. The molecule has 0 bridgehead atoms. The maximum absolute atomic E-state index is 13.3. The summed E-state index contributed by atoms with van der Waals surface area (Å²) < 4.78 is 105. The zero-order chi connectivity index (χ0) is 27.4. The third-order valence-electron chi connectivity index (χ3n) is 4.78. The average molecular weight is 564 g/mol. The molecule has 0 spiro atoms. The second-order valence-electron chi connectivity index (χ2n) is 7.41. The first-order chi connectivity index (χ1) is 17.2. The van der Waals surface area contributed by atoms with Crippen LogP contribution >= 0.6 is 11.6 Å². The van der Waals surface area contributed by atoms with Crippen molar-refractivity contribution >= 4 is 39.4 Å². The third kappa shape index (κ3) is 7.01. The molecule has 0 aliphatic rings. The van der Waals surface area contributed by atoms with Crippen LogP contribution in [0.4, 0.5) is 32.0 Å². The summed E-state index contributed by atoms with van der Waals surface area (Å²) in [6.45, 7) is -1.04. The first-order valence-corrected chi connectivity index (χ1v) is 11.9. The minimum atomic E-state index is -4.83. The third-order valence-corrected chi connectivity index (χ3v) is 6.87. The predicted octanol–water partition coefficient (Wildman–Crippen LogP) is 5.72. The summed E-state index contributed by atoms with van der Waals surface area (Å²) in [5.41, 5.74) is -0.843. The van der Waals surface area contributed by atoms with Gasteiger partial charge >= 0.3 is 12.4 Å². The summed E-state index contributed by atoms with van der Waals surface area (Å²) in [7, 11) is -4.59. The molecule has 14 heteroatoms. The lowest BCUT2D eigenvalue weighted by molar-refractivity contribution is -0.138. The van der Waals surface area contributed by atoms with Crippen LogP contribution in [0.5, 0.6) is 0 Å². The van der Waals surface area contributed by atoms with E-state index in [1.54, 1.807) is 0 Å². The smallest absolute Gasteiger partial charge is 0.271 e. The predicted molar refractivity (Wildman–Crippen MR) is 125 cm³/mol. The van der Waals surface area contributed by atoms with Crippen molar-refractivity contribution in [2.45, 2.75) is 17.2 Å². The number of nitrogens with one attached hydrogen (secondary N) is 1. The highest BCUT2D eigenvalue weighted by molar-refractivity contribution is 7.92. The average Bonchev–Trinajstić information content (AvgIpc) is 2.82. The highest BCUT2D eigenvalue weighted by atomic mass is 35.5. The molecule has 6 nitrogen and oxygen atoms in total. The Morgan fingerprint density at radius 2 is 1.51 bits per heavy atom. The Morgan fingerprint density at radius 1 is 0.892 bits per heavy atom. The normalized spacial score (nSPS) is 12.5. The van der Waals surface area contributed by atoms with Crippen LogP contribution < -0.4 is 9.73 Å². The van der Waals surface area contributed by atoms with Crippen LogP contribution in [0.15, 0.2) is 82.8 Å². The highest BCUT2D eigenvalue weighted by Gasteiger charge is 2.34. The molecule has 0 heterocycles. The van der Waals surface area contributed by atoms with Crippen molar-refractivity contribution in [3.8, 4) is 0 Å². The number of halogens is 7. The summed E-state index contributed by atoms with van der Waals surface area (Å²) in [5, 5.41) is 3.14. The number of nitrogens with zero attached hydrogens (tertiary/aromatic N) is 2. The number of sulfonamides is 1. The first-order valence-electron chi connectivity index (χ1n) is 10.1. The minimum Gasteiger partial charge on any atom is -0.271 e. The summed E-state index contributed by atoms with van der Waals surface area (Å²) in [6, 6.07) is 12.6. The van der Waals surface area contributed by atoms with E-state index in [1.807, 2.05) is 5.43 Å². The largest absolute Gasteiger partial charge is 0.416 e. The second-order valence-corrected chi connectivity index (χ2v) is 9.67. The van der Waals surface area contributed by atoms with Gasteiger partial charge in [0.2, 0.25) is 0 Å². The summed E-state index contributed by atoms with van der Waals surface area (Å²) in [6.07, 6.45) is -8.55. The lowest BCUT2D eigenvalue weighted by Gasteiger charge is -2.25. The summed E-state index contributed by atoms with van der Waals surface area (Å²) >= 11 is 6.03. The molecule has 0 atom stereocenters. The van der Waals surface area contributed by atoms with E-state index >= 15 is 0 Å². The Labute approximate surface area is 212 Å². The maximum Gasteiger partial charge on any atom is 0.416 e. The van der Waals surface area contributed by atoms with E-state index in [1.165, 1.54) is 36.4 Å². The molecule has 3 rings (SSSR count). The zero-order valence-electron chi connectivity index (χ0n) is 18.4. The molecule has 0 saturated heterocycles. The van der Waals surface area contributed by atoms with Crippen molar-refractivity contribution in [1.29, 1.82) is 0 Å². The number of rotatable bonds is 7. The molecule has 3 aromatic rings. The fourth-order valence-electron chi connectivity index (χ4n) is 3.04. The number of amides is 1. The summed E-state index contributed by atoms with van der Waals surface area (Å²) in [4.78, 5) is 12.2. The van der Waals surface area contributed by atoms with Crippen LogP contribution in [-0.2, 0) is 27.2 Å². The first kappa shape index (κ1) is 28.0. The highest BCUT2D eigenvalue weighted by Crippen LogP contribution is 2.37. The van der Waals surface area contributed by atoms with Crippen molar-refractivity contribution < 1.29 is 39.6 Å². The van der Waals surface area contributed by atoms with Crippen molar-refractivity contribution in [3.63, 3.8) is 0 Å². The molecule has 0 fully saturated rings. The van der Waals surface area contributed by atoms with Crippen LogP contribution in [0.25, 0.3) is 0 Å². The molecular formula is C23H16ClF6N3O3S. The van der Waals surface area contributed by atoms with Crippen LogP contribution in [0.1, 0.15) is 16.7 Å². The maximum atomic E-state index is 13.3. The standard InChI is InChI=1S/C23H16ClF6N3O3S/c24-19-10-9-17(23(28,29)30)12-20(19)33(37(35,36)18-7-2-1-3-8-18)14-21(34)32-31-13-15-5-4-6-16(11-15)22(25,26)27/h1-13H,14H2,(H,32,34)/b31-13-. The fraction of sp³-hybridized carbons (Fsp3) is 0.130. The number of hydrogen-bond donors (Lipinski definition) is 1. The van der Waals surface area contributed by atoms with E-state index in [4.69, 9.17) is 11.6 Å². The van der Waals surface area contributed by atoms with Crippen LogP contribution in [-0.4, -0.2) is 27.1 Å². The molecule has 0 aliphatic heterocycles. The lowest BCUT2D eigenvalue weighted by Crippen LogP contribution is -2.40. The molecule has 1 amide bonds. The van der Waals surface area contributed by atoms with Gasteiger partial charge in [0.05, 0.1) is 32.9 Å².